The second-order valence-corrected chi connectivity index (χ2v) is 4.95. The molecule has 0 aromatic heterocycles. The van der Waals surface area contributed by atoms with E-state index in [0.717, 1.165) is 0 Å². The van der Waals surface area contributed by atoms with Gasteiger partial charge in [0.1, 0.15) is 10.6 Å². The topological polar surface area (TPSA) is 69.4 Å². The molecule has 0 amide bonds. The Kier molecular flexibility index (Phi) is 4.45. The summed E-state index contributed by atoms with van der Waals surface area (Å²) in [6.07, 6.45) is 0. The Morgan fingerprint density at radius 2 is 1.86 bits per heavy atom. The van der Waals surface area contributed by atoms with Crippen molar-refractivity contribution in [3.63, 3.8) is 0 Å². The maximum atomic E-state index is 12.1. The Balaban J connectivity index is 2.40. The van der Waals surface area contributed by atoms with Gasteiger partial charge in [-0.25, -0.2) is 4.79 Å². The fourth-order valence-electron chi connectivity index (χ4n) is 1.78. The monoisotopic (exact) mass is 325 g/mol. The fraction of sp³-hybridized carbons (Fsp3) is 0.0714. The number of aryl methyl sites for hydroxylation is 1. The van der Waals surface area contributed by atoms with Gasteiger partial charge in [0.05, 0.1) is 9.95 Å². The van der Waals surface area contributed by atoms with E-state index in [1.54, 1.807) is 25.1 Å². The molecule has 108 valence electrons. The van der Waals surface area contributed by atoms with Crippen LogP contribution in [-0.4, -0.2) is 10.9 Å². The van der Waals surface area contributed by atoms with Crippen LogP contribution in [0.2, 0.25) is 10.0 Å². The summed E-state index contributed by atoms with van der Waals surface area (Å²) in [5, 5.41) is 11.4. The van der Waals surface area contributed by atoms with E-state index in [9.17, 15) is 14.9 Å². The lowest BCUT2D eigenvalue weighted by atomic mass is 10.1. The zero-order chi connectivity index (χ0) is 15.6. The molecule has 21 heavy (non-hydrogen) atoms. The van der Waals surface area contributed by atoms with E-state index in [-0.39, 0.29) is 27.0 Å². The molecule has 0 heterocycles. The standard InChI is InChI=1S/C14H9Cl2NO4/c1-8-4-2-5-9(13(8)17(19)20)14(18)21-11-7-3-6-10(15)12(11)16/h2-7H,1H3. The minimum atomic E-state index is -0.866. The smallest absolute Gasteiger partial charge is 0.350 e. The van der Waals surface area contributed by atoms with Gasteiger partial charge in [-0.2, -0.15) is 0 Å². The maximum Gasteiger partial charge on any atom is 0.350 e. The third-order valence-electron chi connectivity index (χ3n) is 2.76. The van der Waals surface area contributed by atoms with Crippen molar-refractivity contribution in [2.24, 2.45) is 0 Å². The van der Waals surface area contributed by atoms with Crippen LogP contribution in [0.1, 0.15) is 15.9 Å². The predicted molar refractivity (Wildman–Crippen MR) is 79.3 cm³/mol. The van der Waals surface area contributed by atoms with E-state index < -0.39 is 10.9 Å². The first kappa shape index (κ1) is 15.3. The summed E-state index contributed by atoms with van der Waals surface area (Å²) in [7, 11) is 0. The highest BCUT2D eigenvalue weighted by atomic mass is 35.5. The molecule has 5 nitrogen and oxygen atoms in total. The number of ether oxygens (including phenoxy) is 1. The van der Waals surface area contributed by atoms with Gasteiger partial charge in [0.2, 0.25) is 0 Å². The Bertz CT molecular complexity index is 731. The molecule has 0 bridgehead atoms. The minimum Gasteiger partial charge on any atom is -0.421 e. The number of rotatable bonds is 3. The minimum absolute atomic E-state index is 0.0463. The number of nitro groups is 1. The van der Waals surface area contributed by atoms with Gasteiger partial charge < -0.3 is 4.74 Å². The Morgan fingerprint density at radius 1 is 1.19 bits per heavy atom. The molecule has 0 spiro atoms. The average molecular weight is 326 g/mol. The molecular formula is C14H9Cl2NO4. The van der Waals surface area contributed by atoms with Crippen molar-refractivity contribution in [2.45, 2.75) is 6.92 Å². The second-order valence-electron chi connectivity index (χ2n) is 4.17. The van der Waals surface area contributed by atoms with Crippen molar-refractivity contribution >= 4 is 34.9 Å². The lowest BCUT2D eigenvalue weighted by Gasteiger charge is -2.08. The number of benzene rings is 2. The Hall–Kier alpha value is -2.11. The largest absolute Gasteiger partial charge is 0.421 e. The van der Waals surface area contributed by atoms with Crippen LogP contribution in [0, 0.1) is 17.0 Å². The van der Waals surface area contributed by atoms with Gasteiger partial charge in [-0.15, -0.1) is 0 Å². The van der Waals surface area contributed by atoms with Gasteiger partial charge in [0.25, 0.3) is 5.69 Å². The van der Waals surface area contributed by atoms with Crippen molar-refractivity contribution in [1.82, 2.24) is 0 Å². The molecule has 0 radical (unpaired) electrons. The summed E-state index contributed by atoms with van der Waals surface area (Å²) >= 11 is 11.7. The number of halogens is 2. The maximum absolute atomic E-state index is 12.1. The van der Waals surface area contributed by atoms with Gasteiger partial charge in [0.15, 0.2) is 5.75 Å². The van der Waals surface area contributed by atoms with Crippen LogP contribution in [0.3, 0.4) is 0 Å². The van der Waals surface area contributed by atoms with Crippen molar-refractivity contribution in [2.75, 3.05) is 0 Å². The van der Waals surface area contributed by atoms with Gasteiger partial charge in [-0.1, -0.05) is 41.4 Å². The molecule has 2 aromatic carbocycles. The molecule has 0 aliphatic heterocycles. The van der Waals surface area contributed by atoms with Crippen LogP contribution < -0.4 is 4.74 Å². The summed E-state index contributed by atoms with van der Waals surface area (Å²) in [4.78, 5) is 22.6. The molecule has 2 aromatic rings. The zero-order valence-corrected chi connectivity index (χ0v) is 12.3. The first-order chi connectivity index (χ1) is 9.91. The van der Waals surface area contributed by atoms with E-state index in [0.29, 0.717) is 5.56 Å². The van der Waals surface area contributed by atoms with Crippen LogP contribution in [0.5, 0.6) is 5.75 Å². The summed E-state index contributed by atoms with van der Waals surface area (Å²) in [5.41, 5.74) is -0.0664. The zero-order valence-electron chi connectivity index (χ0n) is 10.8. The van der Waals surface area contributed by atoms with Crippen molar-refractivity contribution in [3.8, 4) is 5.75 Å². The quantitative estimate of drug-likeness (QED) is 0.362. The molecule has 0 unspecified atom stereocenters. The molecule has 0 aliphatic rings. The molecule has 0 aliphatic carbocycles. The van der Waals surface area contributed by atoms with Gasteiger partial charge in [-0.05, 0) is 25.1 Å². The number of nitrogens with zero attached hydrogens (tertiary/aromatic N) is 1. The second kappa shape index (κ2) is 6.11. The summed E-state index contributed by atoms with van der Waals surface area (Å²) in [6.45, 7) is 1.54. The third-order valence-corrected chi connectivity index (χ3v) is 3.56. The number of hydrogen-bond donors (Lipinski definition) is 0. The molecular weight excluding hydrogens is 317 g/mol. The Morgan fingerprint density at radius 3 is 2.52 bits per heavy atom. The van der Waals surface area contributed by atoms with E-state index >= 15 is 0 Å². The number of hydrogen-bond acceptors (Lipinski definition) is 4. The SMILES string of the molecule is Cc1cccc(C(=O)Oc2cccc(Cl)c2Cl)c1[N+](=O)[O-]. The summed E-state index contributed by atoms with van der Waals surface area (Å²) in [6, 6.07) is 8.96. The molecule has 7 heteroatoms. The highest BCUT2D eigenvalue weighted by molar-refractivity contribution is 6.43. The van der Waals surface area contributed by atoms with Gasteiger partial charge >= 0.3 is 5.97 Å². The number of carbonyl (C=O) groups excluding carboxylic acids is 1. The highest BCUT2D eigenvalue weighted by Gasteiger charge is 2.24. The van der Waals surface area contributed by atoms with Crippen molar-refractivity contribution < 1.29 is 14.5 Å². The van der Waals surface area contributed by atoms with E-state index in [1.165, 1.54) is 18.2 Å². The lowest BCUT2D eigenvalue weighted by Crippen LogP contribution is -2.12. The number of nitro benzene ring substituents is 1. The first-order valence-electron chi connectivity index (χ1n) is 5.82. The average Bonchev–Trinajstić information content (AvgIpc) is 2.43. The number of para-hydroxylation sites is 1. The van der Waals surface area contributed by atoms with E-state index in [1.807, 2.05) is 0 Å². The normalized spacial score (nSPS) is 10.2. The fourth-order valence-corrected chi connectivity index (χ4v) is 2.11. The van der Waals surface area contributed by atoms with E-state index in [2.05, 4.69) is 0 Å². The first-order valence-corrected chi connectivity index (χ1v) is 6.57. The van der Waals surface area contributed by atoms with Crippen LogP contribution in [0.25, 0.3) is 0 Å². The third kappa shape index (κ3) is 3.15. The highest BCUT2D eigenvalue weighted by Crippen LogP contribution is 2.33. The number of esters is 1. The molecule has 0 N–H and O–H groups in total. The molecule has 0 fully saturated rings. The van der Waals surface area contributed by atoms with Crippen LogP contribution in [0.15, 0.2) is 36.4 Å². The summed E-state index contributed by atoms with van der Waals surface area (Å²) < 4.78 is 5.10. The van der Waals surface area contributed by atoms with Crippen LogP contribution >= 0.6 is 23.2 Å². The molecule has 0 saturated heterocycles. The van der Waals surface area contributed by atoms with Crippen molar-refractivity contribution in [3.05, 3.63) is 67.7 Å². The lowest BCUT2D eigenvalue weighted by molar-refractivity contribution is -0.385. The van der Waals surface area contributed by atoms with Crippen molar-refractivity contribution in [1.29, 1.82) is 0 Å². The van der Waals surface area contributed by atoms with Crippen LogP contribution in [0.4, 0.5) is 5.69 Å². The van der Waals surface area contributed by atoms with Crippen LogP contribution in [-0.2, 0) is 0 Å². The molecule has 2 rings (SSSR count). The molecule has 0 atom stereocenters. The Labute approximate surface area is 130 Å². The van der Waals surface area contributed by atoms with E-state index in [4.69, 9.17) is 27.9 Å². The van der Waals surface area contributed by atoms with Gasteiger partial charge in [0, 0.05) is 5.56 Å². The summed E-state index contributed by atoms with van der Waals surface area (Å²) in [5.74, 6) is -0.820. The number of carbonyl (C=O) groups is 1. The molecule has 0 saturated carbocycles. The van der Waals surface area contributed by atoms with Gasteiger partial charge in [-0.3, -0.25) is 10.1 Å². The predicted octanol–water partition coefficient (Wildman–Crippen LogP) is 4.43.